The van der Waals surface area contributed by atoms with Crippen molar-refractivity contribution in [3.05, 3.63) is 23.8 Å². The van der Waals surface area contributed by atoms with Crippen molar-refractivity contribution in [1.29, 1.82) is 0 Å². The molecule has 8 heteroatoms. The molecule has 0 saturated carbocycles. The molecule has 148 valence electrons. The minimum Gasteiger partial charge on any atom is -0.344 e. The molecule has 1 atom stereocenters. The maximum atomic E-state index is 12.7. The molecule has 1 N–H and O–H groups in total. The molecule has 2 aliphatic rings. The quantitative estimate of drug-likeness (QED) is 0.774. The number of likely N-dealkylation sites (tertiary alicyclic amines) is 1. The zero-order valence-corrected chi connectivity index (χ0v) is 16.9. The van der Waals surface area contributed by atoms with Gasteiger partial charge in [0.25, 0.3) is 0 Å². The lowest BCUT2D eigenvalue weighted by atomic mass is 10.0. The molecule has 1 fully saturated rings. The van der Waals surface area contributed by atoms with Crippen LogP contribution in [0.15, 0.2) is 23.1 Å². The zero-order valence-electron chi connectivity index (χ0n) is 16.1. The van der Waals surface area contributed by atoms with Gasteiger partial charge in [0.05, 0.1) is 4.90 Å². The number of hydrogen-bond acceptors (Lipinski definition) is 5. The van der Waals surface area contributed by atoms with Crippen molar-refractivity contribution in [2.45, 2.75) is 50.1 Å². The zero-order chi connectivity index (χ0) is 19.8. The third-order valence-electron chi connectivity index (χ3n) is 5.32. The van der Waals surface area contributed by atoms with Gasteiger partial charge in [-0.2, -0.15) is 0 Å². The number of nitrogens with one attached hydrogen (secondary N) is 1. The summed E-state index contributed by atoms with van der Waals surface area (Å²) in [6, 6.07) is 5.14. The number of aryl methyl sites for hydroxylation is 1. The highest BCUT2D eigenvalue weighted by molar-refractivity contribution is 7.90. The number of rotatable bonds is 3. The second kappa shape index (κ2) is 7.59. The monoisotopic (exact) mass is 393 g/mol. The number of carbonyl (C=O) groups excluding carboxylic acids is 2. The van der Waals surface area contributed by atoms with Crippen molar-refractivity contribution in [1.82, 2.24) is 10.2 Å². The Morgan fingerprint density at radius 1 is 1.22 bits per heavy atom. The van der Waals surface area contributed by atoms with Gasteiger partial charge in [0.2, 0.25) is 0 Å². The SMILES string of the molecule is CC(C)N1CCC(NC(=O)C(=O)N2CCCc3cc(S(C)(=O)=O)ccc32)C1. The minimum absolute atomic E-state index is 0.0132. The average Bonchev–Trinajstić information content (AvgIpc) is 3.08. The molecule has 0 radical (unpaired) electrons. The molecular weight excluding hydrogens is 366 g/mol. The van der Waals surface area contributed by atoms with E-state index in [9.17, 15) is 18.0 Å². The molecule has 27 heavy (non-hydrogen) atoms. The van der Waals surface area contributed by atoms with Gasteiger partial charge in [-0.15, -0.1) is 0 Å². The summed E-state index contributed by atoms with van der Waals surface area (Å²) in [7, 11) is -3.31. The highest BCUT2D eigenvalue weighted by atomic mass is 32.2. The Morgan fingerprint density at radius 2 is 1.96 bits per heavy atom. The molecule has 2 aliphatic heterocycles. The first-order chi connectivity index (χ1) is 12.7. The summed E-state index contributed by atoms with van der Waals surface area (Å²) in [5.74, 6) is -1.17. The largest absolute Gasteiger partial charge is 0.344 e. The van der Waals surface area contributed by atoms with E-state index in [0.717, 1.165) is 31.3 Å². The number of anilines is 1. The third kappa shape index (κ3) is 4.32. The Hall–Kier alpha value is -1.93. The maximum Gasteiger partial charge on any atom is 0.316 e. The Labute approximate surface area is 160 Å². The van der Waals surface area contributed by atoms with Gasteiger partial charge in [0, 0.05) is 43.7 Å². The fourth-order valence-corrected chi connectivity index (χ4v) is 4.43. The standard InChI is InChI=1S/C19H27N3O4S/c1-13(2)21-10-8-15(12-21)20-18(23)19(24)22-9-4-5-14-11-16(27(3,25)26)6-7-17(14)22/h6-7,11,13,15H,4-5,8-10,12H2,1-3H3,(H,20,23). The van der Waals surface area contributed by atoms with E-state index in [1.54, 1.807) is 12.1 Å². The van der Waals surface area contributed by atoms with Gasteiger partial charge in [0.15, 0.2) is 9.84 Å². The van der Waals surface area contributed by atoms with Gasteiger partial charge in [-0.1, -0.05) is 0 Å². The second-order valence-electron chi connectivity index (χ2n) is 7.67. The van der Waals surface area contributed by atoms with E-state index < -0.39 is 21.7 Å². The van der Waals surface area contributed by atoms with E-state index >= 15 is 0 Å². The van der Waals surface area contributed by atoms with Crippen LogP contribution in [0.2, 0.25) is 0 Å². The summed E-state index contributed by atoms with van der Waals surface area (Å²) in [4.78, 5) is 29.2. The van der Waals surface area contributed by atoms with Crippen molar-refractivity contribution < 1.29 is 18.0 Å². The van der Waals surface area contributed by atoms with Crippen molar-refractivity contribution >= 4 is 27.3 Å². The Bertz CT molecular complexity index is 851. The predicted octanol–water partition coefficient (Wildman–Crippen LogP) is 0.968. The summed E-state index contributed by atoms with van der Waals surface area (Å²) in [6.45, 7) is 6.36. The van der Waals surface area contributed by atoms with Crippen LogP contribution in [0.25, 0.3) is 0 Å². The molecule has 2 heterocycles. The predicted molar refractivity (Wildman–Crippen MR) is 103 cm³/mol. The van der Waals surface area contributed by atoms with Crippen LogP contribution < -0.4 is 10.2 Å². The number of hydrogen-bond donors (Lipinski definition) is 1. The molecule has 0 bridgehead atoms. The summed E-state index contributed by atoms with van der Waals surface area (Å²) in [5, 5.41) is 2.86. The Kier molecular flexibility index (Phi) is 5.58. The lowest BCUT2D eigenvalue weighted by molar-refractivity contribution is -0.138. The number of fused-ring (bicyclic) bond motifs is 1. The van der Waals surface area contributed by atoms with Crippen LogP contribution in [-0.4, -0.2) is 63.1 Å². The van der Waals surface area contributed by atoms with Gasteiger partial charge < -0.3 is 10.2 Å². The molecule has 0 spiro atoms. The molecule has 3 rings (SSSR count). The first-order valence-corrected chi connectivity index (χ1v) is 11.3. The molecule has 1 saturated heterocycles. The summed E-state index contributed by atoms with van der Waals surface area (Å²) in [6.07, 6.45) is 3.39. The van der Waals surface area contributed by atoms with E-state index in [1.165, 1.54) is 11.0 Å². The highest BCUT2D eigenvalue weighted by Crippen LogP contribution is 2.29. The molecule has 0 aliphatic carbocycles. The van der Waals surface area contributed by atoms with Gasteiger partial charge in [-0.25, -0.2) is 8.42 Å². The van der Waals surface area contributed by atoms with Gasteiger partial charge in [-0.05, 0) is 56.9 Å². The number of sulfone groups is 1. The number of benzene rings is 1. The Morgan fingerprint density at radius 3 is 2.59 bits per heavy atom. The van der Waals surface area contributed by atoms with E-state index in [1.807, 2.05) is 0 Å². The molecule has 7 nitrogen and oxygen atoms in total. The van der Waals surface area contributed by atoms with Crippen LogP contribution in [0.5, 0.6) is 0 Å². The third-order valence-corrected chi connectivity index (χ3v) is 6.43. The molecule has 1 unspecified atom stereocenters. The van der Waals surface area contributed by atoms with E-state index in [-0.39, 0.29) is 10.9 Å². The molecule has 2 amide bonds. The highest BCUT2D eigenvalue weighted by Gasteiger charge is 2.31. The number of amides is 2. The molecule has 1 aromatic carbocycles. The van der Waals surface area contributed by atoms with Crippen LogP contribution >= 0.6 is 0 Å². The Balaban J connectivity index is 1.72. The number of nitrogens with zero attached hydrogens (tertiary/aromatic N) is 2. The fraction of sp³-hybridized carbons (Fsp3) is 0.579. The lowest BCUT2D eigenvalue weighted by Gasteiger charge is -2.29. The van der Waals surface area contributed by atoms with Crippen LogP contribution in [0.3, 0.4) is 0 Å². The smallest absolute Gasteiger partial charge is 0.316 e. The van der Waals surface area contributed by atoms with Crippen molar-refractivity contribution in [3.63, 3.8) is 0 Å². The van der Waals surface area contributed by atoms with Gasteiger partial charge in [0.1, 0.15) is 0 Å². The van der Waals surface area contributed by atoms with E-state index in [0.29, 0.717) is 31.1 Å². The van der Waals surface area contributed by atoms with E-state index in [4.69, 9.17) is 0 Å². The second-order valence-corrected chi connectivity index (χ2v) is 9.69. The summed E-state index contributed by atoms with van der Waals surface area (Å²) >= 11 is 0. The molecule has 0 aromatic heterocycles. The van der Waals surface area contributed by atoms with Crippen LogP contribution in [0, 0.1) is 0 Å². The van der Waals surface area contributed by atoms with Crippen molar-refractivity contribution in [3.8, 4) is 0 Å². The molecular formula is C19H27N3O4S. The average molecular weight is 394 g/mol. The summed E-state index contributed by atoms with van der Waals surface area (Å²) in [5.41, 5.74) is 1.42. The van der Waals surface area contributed by atoms with Gasteiger partial charge >= 0.3 is 11.8 Å². The summed E-state index contributed by atoms with van der Waals surface area (Å²) < 4.78 is 23.5. The maximum absolute atomic E-state index is 12.7. The first kappa shape index (κ1) is 19.8. The van der Waals surface area contributed by atoms with Crippen molar-refractivity contribution in [2.75, 3.05) is 30.8 Å². The van der Waals surface area contributed by atoms with E-state index in [2.05, 4.69) is 24.1 Å². The normalized spacial score (nSPS) is 20.6. The van der Waals surface area contributed by atoms with Crippen LogP contribution in [0.1, 0.15) is 32.3 Å². The molecule has 1 aromatic rings. The van der Waals surface area contributed by atoms with Crippen molar-refractivity contribution in [2.24, 2.45) is 0 Å². The number of carbonyl (C=O) groups is 2. The van der Waals surface area contributed by atoms with Crippen LogP contribution in [0.4, 0.5) is 5.69 Å². The fourth-order valence-electron chi connectivity index (χ4n) is 3.76. The lowest BCUT2D eigenvalue weighted by Crippen LogP contribution is -2.49. The van der Waals surface area contributed by atoms with Crippen LogP contribution in [-0.2, 0) is 25.8 Å². The minimum atomic E-state index is -3.31. The first-order valence-electron chi connectivity index (χ1n) is 9.36. The van der Waals surface area contributed by atoms with Gasteiger partial charge in [-0.3, -0.25) is 14.5 Å². The topological polar surface area (TPSA) is 86.8 Å².